The largest absolute Gasteiger partial charge is 0.330 e. The van der Waals surface area contributed by atoms with Crippen molar-refractivity contribution in [1.29, 1.82) is 0 Å². The van der Waals surface area contributed by atoms with Crippen LogP contribution in [0.2, 0.25) is 0 Å². The lowest BCUT2D eigenvalue weighted by molar-refractivity contribution is -0.487. The Balaban J connectivity index is 2.78. The van der Waals surface area contributed by atoms with E-state index in [1.807, 2.05) is 20.8 Å². The number of nitro groups is 1. The smallest absolute Gasteiger partial charge is 0.224 e. The standard InChI is InChI=1S/C10H18N2O3/c1-7(2)9(6-11(14)15)12-8(3)4-5-10(12)13/h7-9H,4-6H2,1-3H3/t8-,9+/m0/s1. The second-order valence-electron chi connectivity index (χ2n) is 4.52. The summed E-state index contributed by atoms with van der Waals surface area (Å²) in [7, 11) is 0. The molecule has 0 unspecified atom stereocenters. The molecule has 0 spiro atoms. The first-order valence-corrected chi connectivity index (χ1v) is 5.36. The molecule has 5 heteroatoms. The van der Waals surface area contributed by atoms with Crippen LogP contribution in [0.1, 0.15) is 33.6 Å². The highest BCUT2D eigenvalue weighted by atomic mass is 16.6. The second-order valence-corrected chi connectivity index (χ2v) is 4.52. The lowest BCUT2D eigenvalue weighted by atomic mass is 10.0. The molecule has 15 heavy (non-hydrogen) atoms. The molecule has 0 aliphatic carbocycles. The van der Waals surface area contributed by atoms with E-state index in [0.717, 1.165) is 6.42 Å². The number of carbonyl (C=O) groups is 1. The Hall–Kier alpha value is -1.13. The van der Waals surface area contributed by atoms with E-state index in [0.29, 0.717) is 6.42 Å². The lowest BCUT2D eigenvalue weighted by Crippen LogP contribution is -2.47. The molecule has 0 saturated carbocycles. The molecule has 5 nitrogen and oxygen atoms in total. The molecule has 2 atom stereocenters. The third-order valence-corrected chi connectivity index (χ3v) is 3.00. The van der Waals surface area contributed by atoms with Gasteiger partial charge in [0.05, 0.1) is 6.04 Å². The molecule has 86 valence electrons. The van der Waals surface area contributed by atoms with Crippen LogP contribution in [-0.4, -0.2) is 34.4 Å². The predicted molar refractivity (Wildman–Crippen MR) is 56.0 cm³/mol. The van der Waals surface area contributed by atoms with Gasteiger partial charge in [-0.3, -0.25) is 14.9 Å². The molecule has 1 fully saturated rings. The number of rotatable bonds is 4. The lowest BCUT2D eigenvalue weighted by Gasteiger charge is -2.31. The van der Waals surface area contributed by atoms with Crippen molar-refractivity contribution in [3.05, 3.63) is 10.1 Å². The predicted octanol–water partition coefficient (Wildman–Crippen LogP) is 1.30. The minimum absolute atomic E-state index is 0.0584. The van der Waals surface area contributed by atoms with Crippen LogP contribution in [0, 0.1) is 16.0 Å². The van der Waals surface area contributed by atoms with Crippen LogP contribution in [0.4, 0.5) is 0 Å². The normalized spacial score (nSPS) is 23.6. The topological polar surface area (TPSA) is 63.5 Å². The van der Waals surface area contributed by atoms with Crippen LogP contribution >= 0.6 is 0 Å². The average Bonchev–Trinajstić information content (AvgIpc) is 2.42. The summed E-state index contributed by atoms with van der Waals surface area (Å²) in [6, 6.07) is -0.116. The zero-order chi connectivity index (χ0) is 11.6. The first kappa shape index (κ1) is 11.9. The van der Waals surface area contributed by atoms with Crippen molar-refractivity contribution in [1.82, 2.24) is 4.90 Å². The molecule has 0 N–H and O–H groups in total. The number of likely N-dealkylation sites (tertiary alicyclic amines) is 1. The number of hydrogen-bond donors (Lipinski definition) is 0. The maximum absolute atomic E-state index is 11.6. The van der Waals surface area contributed by atoms with E-state index in [1.165, 1.54) is 0 Å². The van der Waals surface area contributed by atoms with Crippen molar-refractivity contribution in [3.63, 3.8) is 0 Å². The monoisotopic (exact) mass is 214 g/mol. The number of carbonyl (C=O) groups excluding carboxylic acids is 1. The van der Waals surface area contributed by atoms with Gasteiger partial charge in [-0.25, -0.2) is 0 Å². The molecule has 0 aromatic carbocycles. The van der Waals surface area contributed by atoms with Crippen molar-refractivity contribution >= 4 is 5.91 Å². The summed E-state index contributed by atoms with van der Waals surface area (Å²) in [4.78, 5) is 23.5. The Morgan fingerprint density at radius 1 is 1.60 bits per heavy atom. The van der Waals surface area contributed by atoms with Gasteiger partial charge in [-0.15, -0.1) is 0 Å². The first-order valence-electron chi connectivity index (χ1n) is 5.36. The third-order valence-electron chi connectivity index (χ3n) is 3.00. The summed E-state index contributed by atoms with van der Waals surface area (Å²) in [6.45, 7) is 5.66. The van der Waals surface area contributed by atoms with Crippen molar-refractivity contribution in [3.8, 4) is 0 Å². The Morgan fingerprint density at radius 3 is 2.53 bits per heavy atom. The van der Waals surface area contributed by atoms with Gasteiger partial charge in [0.1, 0.15) is 0 Å². The van der Waals surface area contributed by atoms with Gasteiger partial charge >= 0.3 is 0 Å². The van der Waals surface area contributed by atoms with E-state index in [2.05, 4.69) is 0 Å². The van der Waals surface area contributed by atoms with Gasteiger partial charge in [-0.2, -0.15) is 0 Å². The highest BCUT2D eigenvalue weighted by Gasteiger charge is 2.37. The van der Waals surface area contributed by atoms with E-state index in [9.17, 15) is 14.9 Å². The quantitative estimate of drug-likeness (QED) is 0.523. The van der Waals surface area contributed by atoms with Crippen molar-refractivity contribution in [2.75, 3.05) is 6.54 Å². The van der Waals surface area contributed by atoms with Crippen LogP contribution in [0.3, 0.4) is 0 Å². The van der Waals surface area contributed by atoms with Gasteiger partial charge in [-0.05, 0) is 19.3 Å². The fraction of sp³-hybridized carbons (Fsp3) is 0.900. The number of nitrogens with zero attached hydrogens (tertiary/aromatic N) is 2. The van der Waals surface area contributed by atoms with Gasteiger partial charge in [0, 0.05) is 17.4 Å². The van der Waals surface area contributed by atoms with E-state index in [1.54, 1.807) is 4.90 Å². The summed E-state index contributed by atoms with van der Waals surface area (Å²) in [5.41, 5.74) is 0. The fourth-order valence-corrected chi connectivity index (χ4v) is 2.13. The third kappa shape index (κ3) is 2.67. The van der Waals surface area contributed by atoms with Crippen LogP contribution in [0.5, 0.6) is 0 Å². The van der Waals surface area contributed by atoms with Gasteiger partial charge in [0.15, 0.2) is 0 Å². The average molecular weight is 214 g/mol. The van der Waals surface area contributed by atoms with E-state index in [4.69, 9.17) is 0 Å². The molecule has 0 bridgehead atoms. The van der Waals surface area contributed by atoms with Crippen LogP contribution in [0.25, 0.3) is 0 Å². The minimum Gasteiger partial charge on any atom is -0.330 e. The van der Waals surface area contributed by atoms with Gasteiger partial charge in [0.2, 0.25) is 12.5 Å². The van der Waals surface area contributed by atoms with Crippen molar-refractivity contribution in [2.24, 2.45) is 5.92 Å². The molecule has 1 aliphatic rings. The maximum Gasteiger partial charge on any atom is 0.224 e. The Labute approximate surface area is 89.6 Å². The summed E-state index contributed by atoms with van der Waals surface area (Å²) >= 11 is 0. The highest BCUT2D eigenvalue weighted by molar-refractivity contribution is 5.79. The van der Waals surface area contributed by atoms with E-state index < -0.39 is 0 Å². The van der Waals surface area contributed by atoms with Crippen molar-refractivity contribution < 1.29 is 9.72 Å². The molecule has 1 saturated heterocycles. The molecule has 1 aliphatic heterocycles. The Kier molecular flexibility index (Phi) is 3.66. The molecule has 1 rings (SSSR count). The Bertz CT molecular complexity index is 265. The van der Waals surface area contributed by atoms with Crippen LogP contribution in [0.15, 0.2) is 0 Å². The van der Waals surface area contributed by atoms with E-state index in [-0.39, 0.29) is 35.4 Å². The molecular weight excluding hydrogens is 196 g/mol. The zero-order valence-corrected chi connectivity index (χ0v) is 9.47. The maximum atomic E-state index is 11.6. The molecule has 1 heterocycles. The van der Waals surface area contributed by atoms with Gasteiger partial charge in [-0.1, -0.05) is 13.8 Å². The SMILES string of the molecule is CC(C)[C@@H](C[N+](=O)[O-])N1C(=O)CC[C@@H]1C. The van der Waals surface area contributed by atoms with Crippen LogP contribution in [-0.2, 0) is 4.79 Å². The second kappa shape index (κ2) is 4.59. The van der Waals surface area contributed by atoms with Gasteiger partial charge in [0.25, 0.3) is 0 Å². The van der Waals surface area contributed by atoms with E-state index >= 15 is 0 Å². The van der Waals surface area contributed by atoms with Crippen LogP contribution < -0.4 is 0 Å². The van der Waals surface area contributed by atoms with Crippen molar-refractivity contribution in [2.45, 2.75) is 45.7 Å². The summed E-state index contributed by atoms with van der Waals surface area (Å²) in [5, 5.41) is 10.6. The molecular formula is C10H18N2O3. The fourth-order valence-electron chi connectivity index (χ4n) is 2.13. The molecule has 0 aromatic heterocycles. The Morgan fingerprint density at radius 2 is 2.20 bits per heavy atom. The highest BCUT2D eigenvalue weighted by Crippen LogP contribution is 2.24. The molecule has 0 radical (unpaired) electrons. The molecule has 0 aromatic rings. The van der Waals surface area contributed by atoms with Gasteiger partial charge < -0.3 is 4.90 Å². The summed E-state index contributed by atoms with van der Waals surface area (Å²) in [5.74, 6) is 0.183. The summed E-state index contributed by atoms with van der Waals surface area (Å²) < 4.78 is 0. The number of hydrogen-bond acceptors (Lipinski definition) is 3. The first-order chi connectivity index (χ1) is 6.93. The minimum atomic E-state index is -0.330. The summed E-state index contributed by atoms with van der Waals surface area (Å²) in [6.07, 6.45) is 1.35. The number of amides is 1. The molecule has 1 amide bonds. The zero-order valence-electron chi connectivity index (χ0n) is 9.47.